The van der Waals surface area contributed by atoms with Crippen LogP contribution in [0.4, 0.5) is 5.82 Å². The molecule has 2 aromatic heterocycles. The van der Waals surface area contributed by atoms with Crippen LogP contribution < -0.4 is 5.32 Å². The molecule has 2 heterocycles. The van der Waals surface area contributed by atoms with Gasteiger partial charge in [0, 0.05) is 10.6 Å². The van der Waals surface area contributed by atoms with E-state index in [-0.39, 0.29) is 0 Å². The van der Waals surface area contributed by atoms with Crippen molar-refractivity contribution in [2.75, 3.05) is 5.32 Å². The molecule has 3 nitrogen and oxygen atoms in total. The molecule has 3 rings (SSSR count). The summed E-state index contributed by atoms with van der Waals surface area (Å²) in [6.45, 7) is 0.791. The van der Waals surface area contributed by atoms with Crippen molar-refractivity contribution in [2.24, 2.45) is 0 Å². The Hall–Kier alpha value is -1.85. The van der Waals surface area contributed by atoms with E-state index >= 15 is 0 Å². The lowest BCUT2D eigenvalue weighted by Gasteiger charge is -2.06. The first-order chi connectivity index (χ1) is 10.4. The van der Waals surface area contributed by atoms with Crippen LogP contribution in [0.5, 0.6) is 0 Å². The summed E-state index contributed by atoms with van der Waals surface area (Å²) in [5.41, 5.74) is 1.29. The highest BCUT2D eigenvalue weighted by molar-refractivity contribution is 7.98. The number of hydrogen-bond acceptors (Lipinski definition) is 5. The van der Waals surface area contributed by atoms with E-state index in [4.69, 9.17) is 0 Å². The Morgan fingerprint density at radius 1 is 1.05 bits per heavy atom. The standard InChI is InChI=1S/C16H15N3S2/c1-2-5-13(6-3-1)12-21-16-11-17-10-15(19-16)18-9-14-7-4-8-20-14/h1-8,10-11H,9,12H2,(H,18,19). The summed E-state index contributed by atoms with van der Waals surface area (Å²) in [5.74, 6) is 1.73. The number of nitrogens with zero attached hydrogens (tertiary/aromatic N) is 2. The first-order valence-corrected chi connectivity index (χ1v) is 8.52. The Balaban J connectivity index is 1.58. The molecule has 21 heavy (non-hydrogen) atoms. The van der Waals surface area contributed by atoms with E-state index in [2.05, 4.69) is 57.1 Å². The molecule has 0 saturated heterocycles. The van der Waals surface area contributed by atoms with Crippen molar-refractivity contribution in [3.05, 3.63) is 70.7 Å². The predicted octanol–water partition coefficient (Wildman–Crippen LogP) is 4.44. The average Bonchev–Trinajstić information content (AvgIpc) is 3.06. The van der Waals surface area contributed by atoms with E-state index in [1.165, 1.54) is 10.4 Å². The fourth-order valence-corrected chi connectivity index (χ4v) is 3.28. The summed E-state index contributed by atoms with van der Waals surface area (Å²) in [5, 5.41) is 6.33. The molecule has 0 radical (unpaired) electrons. The largest absolute Gasteiger partial charge is 0.364 e. The highest BCUT2D eigenvalue weighted by Crippen LogP contribution is 2.21. The van der Waals surface area contributed by atoms with Gasteiger partial charge in [0.15, 0.2) is 0 Å². The zero-order valence-electron chi connectivity index (χ0n) is 11.4. The number of aromatic nitrogens is 2. The third-order valence-electron chi connectivity index (χ3n) is 2.87. The van der Waals surface area contributed by atoms with E-state index < -0.39 is 0 Å². The normalized spacial score (nSPS) is 10.5. The third kappa shape index (κ3) is 4.31. The number of rotatable bonds is 6. The van der Waals surface area contributed by atoms with Crippen molar-refractivity contribution in [2.45, 2.75) is 17.3 Å². The molecule has 0 aliphatic rings. The van der Waals surface area contributed by atoms with Gasteiger partial charge in [-0.3, -0.25) is 4.98 Å². The number of benzene rings is 1. The molecular weight excluding hydrogens is 298 g/mol. The second-order valence-corrected chi connectivity index (χ2v) is 6.48. The first kappa shape index (κ1) is 14.1. The second-order valence-electron chi connectivity index (χ2n) is 4.45. The summed E-state index contributed by atoms with van der Waals surface area (Å²) in [7, 11) is 0. The number of thiophene rings is 1. The van der Waals surface area contributed by atoms with Crippen LogP contribution in [0.1, 0.15) is 10.4 Å². The molecule has 1 N–H and O–H groups in total. The van der Waals surface area contributed by atoms with Gasteiger partial charge in [-0.25, -0.2) is 4.98 Å². The molecule has 1 aromatic carbocycles. The van der Waals surface area contributed by atoms with Crippen molar-refractivity contribution >= 4 is 28.9 Å². The minimum absolute atomic E-state index is 0.791. The zero-order valence-corrected chi connectivity index (χ0v) is 13.0. The summed E-state index contributed by atoms with van der Waals surface area (Å²) in [4.78, 5) is 10.1. The molecule has 0 amide bonds. The maximum Gasteiger partial charge on any atom is 0.146 e. The van der Waals surface area contributed by atoms with Crippen LogP contribution in [0.3, 0.4) is 0 Å². The van der Waals surface area contributed by atoms with Gasteiger partial charge in [-0.15, -0.1) is 23.1 Å². The monoisotopic (exact) mass is 313 g/mol. The Morgan fingerprint density at radius 3 is 2.76 bits per heavy atom. The molecule has 3 aromatic rings. The predicted molar refractivity (Wildman–Crippen MR) is 89.7 cm³/mol. The van der Waals surface area contributed by atoms with Gasteiger partial charge in [-0.1, -0.05) is 36.4 Å². The van der Waals surface area contributed by atoms with Gasteiger partial charge < -0.3 is 5.32 Å². The Morgan fingerprint density at radius 2 is 1.95 bits per heavy atom. The molecule has 0 aliphatic heterocycles. The lowest BCUT2D eigenvalue weighted by Crippen LogP contribution is -2.00. The molecular formula is C16H15N3S2. The highest BCUT2D eigenvalue weighted by atomic mass is 32.2. The quantitative estimate of drug-likeness (QED) is 0.683. The van der Waals surface area contributed by atoms with Gasteiger partial charge in [-0.05, 0) is 17.0 Å². The Kier molecular flexibility index (Phi) is 4.86. The smallest absolute Gasteiger partial charge is 0.146 e. The Labute approximate surface area is 132 Å². The maximum atomic E-state index is 4.58. The lowest BCUT2D eigenvalue weighted by atomic mass is 10.2. The number of hydrogen-bond donors (Lipinski definition) is 1. The van der Waals surface area contributed by atoms with E-state index in [9.17, 15) is 0 Å². The lowest BCUT2D eigenvalue weighted by molar-refractivity contribution is 1.02. The maximum absolute atomic E-state index is 4.58. The molecule has 5 heteroatoms. The van der Waals surface area contributed by atoms with Crippen LogP contribution in [-0.2, 0) is 12.3 Å². The van der Waals surface area contributed by atoms with Crippen molar-refractivity contribution < 1.29 is 0 Å². The van der Waals surface area contributed by atoms with E-state index in [1.54, 1.807) is 29.3 Å². The van der Waals surface area contributed by atoms with Crippen molar-refractivity contribution in [3.8, 4) is 0 Å². The fraction of sp³-hybridized carbons (Fsp3) is 0.125. The zero-order chi connectivity index (χ0) is 14.3. The minimum Gasteiger partial charge on any atom is -0.364 e. The van der Waals surface area contributed by atoms with Gasteiger partial charge in [0.25, 0.3) is 0 Å². The van der Waals surface area contributed by atoms with Crippen molar-refractivity contribution in [1.29, 1.82) is 0 Å². The first-order valence-electron chi connectivity index (χ1n) is 6.65. The van der Waals surface area contributed by atoms with E-state index in [0.29, 0.717) is 0 Å². The Bertz CT molecular complexity index is 669. The number of thioether (sulfide) groups is 1. The van der Waals surface area contributed by atoms with Gasteiger partial charge in [0.2, 0.25) is 0 Å². The molecule has 0 fully saturated rings. The molecule has 0 unspecified atom stereocenters. The van der Waals surface area contributed by atoms with Crippen LogP contribution in [0.25, 0.3) is 0 Å². The molecule has 0 aliphatic carbocycles. The number of anilines is 1. The average molecular weight is 313 g/mol. The summed E-state index contributed by atoms with van der Waals surface area (Å²) in [6.07, 6.45) is 3.57. The topological polar surface area (TPSA) is 37.8 Å². The second kappa shape index (κ2) is 7.24. The van der Waals surface area contributed by atoms with Crippen LogP contribution in [-0.4, -0.2) is 9.97 Å². The number of nitrogens with one attached hydrogen (secondary N) is 1. The van der Waals surface area contributed by atoms with Crippen LogP contribution in [0.15, 0.2) is 65.3 Å². The van der Waals surface area contributed by atoms with Crippen LogP contribution >= 0.6 is 23.1 Å². The fourth-order valence-electron chi connectivity index (χ4n) is 1.83. The summed E-state index contributed by atoms with van der Waals surface area (Å²) < 4.78 is 0. The third-order valence-corrected chi connectivity index (χ3v) is 4.71. The van der Waals surface area contributed by atoms with Gasteiger partial charge in [0.05, 0.1) is 18.9 Å². The minimum atomic E-state index is 0.791. The molecule has 0 saturated carbocycles. The molecule has 0 spiro atoms. The van der Waals surface area contributed by atoms with Crippen molar-refractivity contribution in [1.82, 2.24) is 9.97 Å². The molecule has 106 valence electrons. The van der Waals surface area contributed by atoms with E-state index in [0.717, 1.165) is 23.1 Å². The SMILES string of the molecule is c1ccc(CSc2cncc(NCc3cccs3)n2)cc1. The summed E-state index contributed by atoms with van der Waals surface area (Å²) in [6, 6.07) is 14.6. The van der Waals surface area contributed by atoms with Gasteiger partial charge in [-0.2, -0.15) is 0 Å². The summed E-state index contributed by atoms with van der Waals surface area (Å²) >= 11 is 3.44. The van der Waals surface area contributed by atoms with Crippen LogP contribution in [0, 0.1) is 0 Å². The van der Waals surface area contributed by atoms with Crippen LogP contribution in [0.2, 0.25) is 0 Å². The molecule has 0 atom stereocenters. The highest BCUT2D eigenvalue weighted by Gasteiger charge is 2.01. The van der Waals surface area contributed by atoms with E-state index in [1.807, 2.05) is 12.3 Å². The van der Waals surface area contributed by atoms with Crippen molar-refractivity contribution in [3.63, 3.8) is 0 Å². The van der Waals surface area contributed by atoms with Gasteiger partial charge in [0.1, 0.15) is 10.8 Å². The molecule has 0 bridgehead atoms. The van der Waals surface area contributed by atoms with Gasteiger partial charge >= 0.3 is 0 Å².